The maximum absolute atomic E-state index is 5.11. The Morgan fingerprint density at radius 1 is 1.33 bits per heavy atom. The minimum atomic E-state index is 0. The first kappa shape index (κ1) is 18.4. The van der Waals surface area contributed by atoms with Gasteiger partial charge in [-0.05, 0) is 24.5 Å². The maximum atomic E-state index is 5.11. The fraction of sp³-hybridized carbons (Fsp3) is 0.353. The molecule has 0 radical (unpaired) electrons. The van der Waals surface area contributed by atoms with E-state index in [-0.39, 0.29) is 24.0 Å². The Kier molecular flexibility index (Phi) is 6.77. The van der Waals surface area contributed by atoms with Gasteiger partial charge >= 0.3 is 0 Å². The number of rotatable bonds is 3. The molecule has 2 aromatic rings. The molecule has 1 aliphatic rings. The second kappa shape index (κ2) is 8.81. The molecule has 0 bridgehead atoms. The molecule has 0 unspecified atom stereocenters. The third-order valence-corrected chi connectivity index (χ3v) is 3.83. The highest BCUT2D eigenvalue weighted by Gasteiger charge is 2.16. The van der Waals surface area contributed by atoms with Crippen LogP contribution in [0.25, 0.3) is 5.57 Å². The van der Waals surface area contributed by atoms with Gasteiger partial charge in [-0.2, -0.15) is 4.98 Å². The van der Waals surface area contributed by atoms with Crippen LogP contribution in [0, 0.1) is 6.92 Å². The number of halogens is 1. The highest BCUT2D eigenvalue weighted by Crippen LogP contribution is 2.21. The molecule has 3 rings (SSSR count). The van der Waals surface area contributed by atoms with Crippen LogP contribution in [-0.2, 0) is 6.54 Å². The van der Waals surface area contributed by atoms with Gasteiger partial charge in [0.25, 0.3) is 0 Å². The zero-order chi connectivity index (χ0) is 16.1. The molecule has 0 saturated carbocycles. The predicted molar refractivity (Wildman–Crippen MR) is 105 cm³/mol. The fourth-order valence-electron chi connectivity index (χ4n) is 2.67. The van der Waals surface area contributed by atoms with Crippen molar-refractivity contribution in [3.8, 4) is 0 Å². The van der Waals surface area contributed by atoms with Crippen LogP contribution < -0.4 is 5.32 Å². The maximum Gasteiger partial charge on any atom is 0.246 e. The largest absolute Gasteiger partial charge is 0.347 e. The van der Waals surface area contributed by atoms with Gasteiger partial charge in [-0.25, -0.2) is 0 Å². The van der Waals surface area contributed by atoms with Crippen molar-refractivity contribution in [3.05, 3.63) is 53.7 Å². The summed E-state index contributed by atoms with van der Waals surface area (Å²) in [6, 6.07) is 10.5. The quantitative estimate of drug-likeness (QED) is 0.453. The Morgan fingerprint density at radius 3 is 2.71 bits per heavy atom. The van der Waals surface area contributed by atoms with Crippen molar-refractivity contribution in [1.29, 1.82) is 0 Å². The smallest absolute Gasteiger partial charge is 0.246 e. The van der Waals surface area contributed by atoms with Gasteiger partial charge in [-0.1, -0.05) is 41.6 Å². The average Bonchev–Trinajstić information content (AvgIpc) is 3.02. The lowest BCUT2D eigenvalue weighted by molar-refractivity contribution is 0.366. The molecule has 6 nitrogen and oxygen atoms in total. The number of nitrogens with zero attached hydrogens (tertiary/aromatic N) is 4. The van der Waals surface area contributed by atoms with Crippen molar-refractivity contribution in [2.24, 2.45) is 4.99 Å². The van der Waals surface area contributed by atoms with E-state index in [4.69, 9.17) is 4.52 Å². The van der Waals surface area contributed by atoms with Gasteiger partial charge in [-0.15, -0.1) is 24.0 Å². The zero-order valence-corrected chi connectivity index (χ0v) is 16.2. The fourth-order valence-corrected chi connectivity index (χ4v) is 2.67. The summed E-state index contributed by atoms with van der Waals surface area (Å²) in [5.41, 5.74) is 2.70. The molecular formula is C17H22IN5O. The first-order valence-electron chi connectivity index (χ1n) is 7.75. The molecule has 7 heteroatoms. The Hall–Kier alpha value is -1.90. The molecule has 128 valence electrons. The second-order valence-electron chi connectivity index (χ2n) is 5.43. The Balaban J connectivity index is 0.00000208. The van der Waals surface area contributed by atoms with Crippen LogP contribution >= 0.6 is 24.0 Å². The summed E-state index contributed by atoms with van der Waals surface area (Å²) in [6.45, 7) is 4.07. The van der Waals surface area contributed by atoms with E-state index in [1.165, 1.54) is 11.1 Å². The summed E-state index contributed by atoms with van der Waals surface area (Å²) in [4.78, 5) is 10.7. The van der Waals surface area contributed by atoms with Crippen LogP contribution in [0.1, 0.15) is 23.7 Å². The monoisotopic (exact) mass is 439 g/mol. The minimum Gasteiger partial charge on any atom is -0.347 e. The Bertz CT molecular complexity index is 711. The molecule has 0 atom stereocenters. The summed E-state index contributed by atoms with van der Waals surface area (Å²) in [7, 11) is 1.79. The molecule has 0 amide bonds. The van der Waals surface area contributed by atoms with Gasteiger partial charge < -0.3 is 14.7 Å². The van der Waals surface area contributed by atoms with Gasteiger partial charge in [0.05, 0.1) is 6.54 Å². The van der Waals surface area contributed by atoms with Crippen LogP contribution in [0.4, 0.5) is 0 Å². The predicted octanol–water partition coefficient (Wildman–Crippen LogP) is 2.86. The van der Waals surface area contributed by atoms with Crippen LogP contribution in [0.3, 0.4) is 0 Å². The number of hydrogen-bond acceptors (Lipinski definition) is 4. The van der Waals surface area contributed by atoms with Crippen molar-refractivity contribution in [3.63, 3.8) is 0 Å². The van der Waals surface area contributed by atoms with Gasteiger partial charge in [0, 0.05) is 20.1 Å². The lowest BCUT2D eigenvalue weighted by atomic mass is 10.00. The highest BCUT2D eigenvalue weighted by molar-refractivity contribution is 14.0. The highest BCUT2D eigenvalue weighted by atomic mass is 127. The summed E-state index contributed by atoms with van der Waals surface area (Å²) >= 11 is 0. The van der Waals surface area contributed by atoms with Crippen LogP contribution in [0.15, 0.2) is 45.9 Å². The van der Waals surface area contributed by atoms with Crippen LogP contribution in [-0.4, -0.2) is 41.1 Å². The Labute approximate surface area is 159 Å². The van der Waals surface area contributed by atoms with Crippen LogP contribution in [0.5, 0.6) is 0 Å². The molecule has 24 heavy (non-hydrogen) atoms. The van der Waals surface area contributed by atoms with E-state index in [0.29, 0.717) is 18.3 Å². The van der Waals surface area contributed by atoms with Gasteiger partial charge in [0.15, 0.2) is 11.8 Å². The molecule has 0 aliphatic carbocycles. The van der Waals surface area contributed by atoms with E-state index in [2.05, 4.69) is 55.7 Å². The van der Waals surface area contributed by atoms with Crippen LogP contribution in [0.2, 0.25) is 0 Å². The lowest BCUT2D eigenvalue weighted by Gasteiger charge is -2.29. The van der Waals surface area contributed by atoms with Crippen molar-refractivity contribution < 1.29 is 4.52 Å². The van der Waals surface area contributed by atoms with E-state index >= 15 is 0 Å². The topological polar surface area (TPSA) is 66.5 Å². The molecule has 0 fully saturated rings. The number of aryl methyl sites for hydroxylation is 1. The number of nitrogens with one attached hydrogen (secondary N) is 1. The van der Waals surface area contributed by atoms with Crippen molar-refractivity contribution in [2.45, 2.75) is 19.9 Å². The first-order chi connectivity index (χ1) is 11.3. The standard InChI is InChI=1S/C17H21N5O.HI/c1-13-20-16(23-21-13)12-19-17(18-2)22-10-8-15(9-11-22)14-6-4-3-5-7-14;/h3-8H,9-12H2,1-2H3,(H,18,19);1H. The second-order valence-corrected chi connectivity index (χ2v) is 5.43. The SMILES string of the molecule is CN=C(NCc1nc(C)no1)N1CC=C(c2ccccc2)CC1.I. The van der Waals surface area contributed by atoms with Gasteiger partial charge in [0.2, 0.25) is 5.89 Å². The number of benzene rings is 1. The normalized spacial score (nSPS) is 14.8. The molecule has 2 heterocycles. The number of aliphatic imine (C=N–C) groups is 1. The summed E-state index contributed by atoms with van der Waals surface area (Å²) < 4.78 is 5.11. The summed E-state index contributed by atoms with van der Waals surface area (Å²) in [5.74, 6) is 2.07. The zero-order valence-electron chi connectivity index (χ0n) is 13.9. The molecule has 1 aliphatic heterocycles. The molecular weight excluding hydrogens is 417 g/mol. The van der Waals surface area contributed by atoms with E-state index < -0.39 is 0 Å². The van der Waals surface area contributed by atoms with E-state index in [0.717, 1.165) is 25.5 Å². The van der Waals surface area contributed by atoms with Gasteiger partial charge in [-0.3, -0.25) is 4.99 Å². The van der Waals surface area contributed by atoms with E-state index in [1.54, 1.807) is 7.05 Å². The third-order valence-electron chi connectivity index (χ3n) is 3.83. The molecule has 1 aromatic heterocycles. The van der Waals surface area contributed by atoms with Crippen molar-refractivity contribution >= 4 is 35.5 Å². The molecule has 0 spiro atoms. The number of guanidine groups is 1. The van der Waals surface area contributed by atoms with E-state index in [1.807, 2.05) is 13.0 Å². The lowest BCUT2D eigenvalue weighted by Crippen LogP contribution is -2.43. The average molecular weight is 439 g/mol. The first-order valence-corrected chi connectivity index (χ1v) is 7.75. The molecule has 1 aromatic carbocycles. The van der Waals surface area contributed by atoms with E-state index in [9.17, 15) is 0 Å². The minimum absolute atomic E-state index is 0. The van der Waals surface area contributed by atoms with Gasteiger partial charge in [0.1, 0.15) is 0 Å². The number of hydrogen-bond donors (Lipinski definition) is 1. The summed E-state index contributed by atoms with van der Waals surface area (Å²) in [6.07, 6.45) is 3.27. The van der Waals surface area contributed by atoms with Crippen molar-refractivity contribution in [1.82, 2.24) is 20.4 Å². The molecule has 0 saturated heterocycles. The number of aromatic nitrogens is 2. The van der Waals surface area contributed by atoms with Crippen molar-refractivity contribution in [2.75, 3.05) is 20.1 Å². The molecule has 1 N–H and O–H groups in total. The summed E-state index contributed by atoms with van der Waals surface area (Å²) in [5, 5.41) is 7.06. The third kappa shape index (κ3) is 4.56. The Morgan fingerprint density at radius 2 is 2.12 bits per heavy atom.